The second-order valence-corrected chi connectivity index (χ2v) is 7.29. The number of carboxylic acid groups (broad SMARTS) is 1. The SMILES string of the molecule is CN1CCC2(CC1)CCN(C(=O)N[C@@H](C(=O)O)c1ccc(O)cc1)C2. The standard InChI is InChI=1S/C18H25N3O4/c1-20-9-6-18(7-10-20)8-11-21(12-18)17(25)19-15(16(23)24)13-2-4-14(22)5-3-13/h2-5,15,22H,6-12H2,1H3,(H,19,25)(H,23,24)/t15-/m1/s1. The number of nitrogens with one attached hydrogen (secondary N) is 1. The number of phenols is 1. The maximum atomic E-state index is 12.6. The fraction of sp³-hybridized carbons (Fsp3) is 0.556. The number of phenolic OH excluding ortho intramolecular Hbond substituents is 1. The van der Waals surface area contributed by atoms with Gasteiger partial charge in [0.1, 0.15) is 5.75 Å². The summed E-state index contributed by atoms with van der Waals surface area (Å²) in [5, 5.41) is 21.4. The van der Waals surface area contributed by atoms with E-state index in [9.17, 15) is 19.8 Å². The van der Waals surface area contributed by atoms with E-state index in [-0.39, 0.29) is 17.2 Å². The second-order valence-electron chi connectivity index (χ2n) is 7.29. The molecule has 2 heterocycles. The minimum Gasteiger partial charge on any atom is -0.508 e. The third kappa shape index (κ3) is 3.87. The number of carbonyl (C=O) groups excluding carboxylic acids is 1. The lowest BCUT2D eigenvalue weighted by Crippen LogP contribution is -2.45. The minimum atomic E-state index is -1.12. The van der Waals surface area contributed by atoms with Gasteiger partial charge in [-0.2, -0.15) is 0 Å². The summed E-state index contributed by atoms with van der Waals surface area (Å²) in [6.45, 7) is 3.44. The van der Waals surface area contributed by atoms with Crippen LogP contribution >= 0.6 is 0 Å². The van der Waals surface area contributed by atoms with E-state index in [4.69, 9.17) is 0 Å². The van der Waals surface area contributed by atoms with Crippen molar-refractivity contribution < 1.29 is 19.8 Å². The minimum absolute atomic E-state index is 0.0583. The molecular formula is C18H25N3O4. The first kappa shape index (κ1) is 17.5. The summed E-state index contributed by atoms with van der Waals surface area (Å²) in [6, 6.07) is 4.40. The Morgan fingerprint density at radius 3 is 2.32 bits per heavy atom. The van der Waals surface area contributed by atoms with Gasteiger partial charge in [0.2, 0.25) is 0 Å². The fourth-order valence-electron chi connectivity index (χ4n) is 3.78. The van der Waals surface area contributed by atoms with Gasteiger partial charge in [-0.1, -0.05) is 12.1 Å². The monoisotopic (exact) mass is 347 g/mol. The van der Waals surface area contributed by atoms with Crippen LogP contribution in [0.3, 0.4) is 0 Å². The Labute approximate surface area is 147 Å². The quantitative estimate of drug-likeness (QED) is 0.773. The molecule has 1 aromatic rings. The molecule has 0 radical (unpaired) electrons. The van der Waals surface area contributed by atoms with E-state index in [2.05, 4.69) is 17.3 Å². The zero-order valence-electron chi connectivity index (χ0n) is 14.4. The molecule has 7 nitrogen and oxygen atoms in total. The van der Waals surface area contributed by atoms with E-state index in [0.29, 0.717) is 18.7 Å². The van der Waals surface area contributed by atoms with E-state index >= 15 is 0 Å². The molecule has 1 spiro atoms. The number of urea groups is 1. The summed E-state index contributed by atoms with van der Waals surface area (Å²) in [4.78, 5) is 28.2. The summed E-state index contributed by atoms with van der Waals surface area (Å²) >= 11 is 0. The molecular weight excluding hydrogens is 322 g/mol. The molecule has 2 amide bonds. The predicted molar refractivity (Wildman–Crippen MR) is 92.4 cm³/mol. The van der Waals surface area contributed by atoms with E-state index in [1.807, 2.05) is 0 Å². The highest BCUT2D eigenvalue weighted by atomic mass is 16.4. The summed E-state index contributed by atoms with van der Waals surface area (Å²) in [5.41, 5.74) is 0.619. The Morgan fingerprint density at radius 1 is 1.12 bits per heavy atom. The fourth-order valence-corrected chi connectivity index (χ4v) is 3.78. The lowest BCUT2D eigenvalue weighted by molar-refractivity contribution is -0.139. The molecule has 0 aliphatic carbocycles. The first-order valence-corrected chi connectivity index (χ1v) is 8.64. The topological polar surface area (TPSA) is 93.1 Å². The van der Waals surface area contributed by atoms with Crippen LogP contribution in [0, 0.1) is 5.41 Å². The third-order valence-corrected chi connectivity index (χ3v) is 5.51. The van der Waals surface area contributed by atoms with Gasteiger partial charge in [0, 0.05) is 13.1 Å². The maximum absolute atomic E-state index is 12.6. The van der Waals surface area contributed by atoms with Gasteiger partial charge in [0.05, 0.1) is 0 Å². The van der Waals surface area contributed by atoms with Gasteiger partial charge in [-0.3, -0.25) is 0 Å². The molecule has 3 rings (SSSR count). The average molecular weight is 347 g/mol. The molecule has 2 aliphatic heterocycles. The summed E-state index contributed by atoms with van der Waals surface area (Å²) in [7, 11) is 2.11. The molecule has 2 fully saturated rings. The van der Waals surface area contributed by atoms with Gasteiger partial charge >= 0.3 is 12.0 Å². The molecule has 2 aliphatic rings. The number of carboxylic acids is 1. The highest BCUT2D eigenvalue weighted by Gasteiger charge is 2.42. The van der Waals surface area contributed by atoms with Gasteiger partial charge in [-0.15, -0.1) is 0 Å². The van der Waals surface area contributed by atoms with Crippen LogP contribution in [0.25, 0.3) is 0 Å². The summed E-state index contributed by atoms with van der Waals surface area (Å²) in [5.74, 6) is -1.06. The van der Waals surface area contributed by atoms with Crippen LogP contribution in [0.15, 0.2) is 24.3 Å². The molecule has 136 valence electrons. The Hall–Kier alpha value is -2.28. The van der Waals surface area contributed by atoms with E-state index < -0.39 is 12.0 Å². The molecule has 1 atom stereocenters. The highest BCUT2D eigenvalue weighted by Crippen LogP contribution is 2.40. The first-order chi connectivity index (χ1) is 11.9. The molecule has 0 saturated carbocycles. The zero-order chi connectivity index (χ0) is 18.0. The van der Waals surface area contributed by atoms with Crippen molar-refractivity contribution in [3.8, 4) is 5.75 Å². The van der Waals surface area contributed by atoms with Crippen molar-refractivity contribution in [2.24, 2.45) is 5.41 Å². The van der Waals surface area contributed by atoms with Crippen molar-refractivity contribution >= 4 is 12.0 Å². The molecule has 1 aromatic carbocycles. The van der Waals surface area contributed by atoms with Crippen LogP contribution in [-0.4, -0.2) is 65.2 Å². The van der Waals surface area contributed by atoms with Gasteiger partial charge in [-0.25, -0.2) is 9.59 Å². The number of nitrogens with zero attached hydrogens (tertiary/aromatic N) is 2. The number of carbonyl (C=O) groups is 2. The van der Waals surface area contributed by atoms with Gasteiger partial charge in [0.15, 0.2) is 6.04 Å². The number of aromatic hydroxyl groups is 1. The van der Waals surface area contributed by atoms with E-state index in [1.165, 1.54) is 24.3 Å². The number of benzene rings is 1. The lowest BCUT2D eigenvalue weighted by Gasteiger charge is -2.37. The lowest BCUT2D eigenvalue weighted by atomic mass is 9.78. The van der Waals surface area contributed by atoms with E-state index in [0.717, 1.165) is 32.4 Å². The number of piperidine rings is 1. The van der Waals surface area contributed by atoms with Crippen LogP contribution in [0.5, 0.6) is 5.75 Å². The highest BCUT2D eigenvalue weighted by molar-refractivity contribution is 5.83. The van der Waals surface area contributed by atoms with Gasteiger partial charge < -0.3 is 25.3 Å². The number of likely N-dealkylation sites (tertiary alicyclic amines) is 2. The van der Waals surface area contributed by atoms with Crippen LogP contribution < -0.4 is 5.32 Å². The molecule has 0 bridgehead atoms. The molecule has 25 heavy (non-hydrogen) atoms. The number of rotatable bonds is 3. The zero-order valence-corrected chi connectivity index (χ0v) is 14.4. The number of amides is 2. The van der Waals surface area contributed by atoms with Crippen molar-refractivity contribution in [3.63, 3.8) is 0 Å². The van der Waals surface area contributed by atoms with Gasteiger partial charge in [0.25, 0.3) is 0 Å². The Balaban J connectivity index is 1.64. The maximum Gasteiger partial charge on any atom is 0.330 e. The average Bonchev–Trinajstić information content (AvgIpc) is 3.00. The first-order valence-electron chi connectivity index (χ1n) is 8.64. The van der Waals surface area contributed by atoms with E-state index in [1.54, 1.807) is 4.90 Å². The molecule has 0 aromatic heterocycles. The Bertz CT molecular complexity index is 638. The largest absolute Gasteiger partial charge is 0.508 e. The smallest absolute Gasteiger partial charge is 0.330 e. The van der Waals surface area contributed by atoms with Crippen molar-refractivity contribution in [2.45, 2.75) is 25.3 Å². The van der Waals surface area contributed by atoms with Gasteiger partial charge in [-0.05, 0) is 62.5 Å². The van der Waals surface area contributed by atoms with Crippen LogP contribution in [-0.2, 0) is 4.79 Å². The molecule has 7 heteroatoms. The van der Waals surface area contributed by atoms with Crippen LogP contribution in [0.1, 0.15) is 30.9 Å². The van der Waals surface area contributed by atoms with Crippen molar-refractivity contribution in [1.29, 1.82) is 0 Å². The normalized spacial score (nSPS) is 21.2. The van der Waals surface area contributed by atoms with Crippen molar-refractivity contribution in [3.05, 3.63) is 29.8 Å². The summed E-state index contributed by atoms with van der Waals surface area (Å²) in [6.07, 6.45) is 3.13. The molecule has 3 N–H and O–H groups in total. The Kier molecular flexibility index (Phi) is 4.85. The van der Waals surface area contributed by atoms with Crippen molar-refractivity contribution in [2.75, 3.05) is 33.2 Å². The second kappa shape index (κ2) is 6.92. The Morgan fingerprint density at radius 2 is 1.72 bits per heavy atom. The van der Waals surface area contributed by atoms with Crippen LogP contribution in [0.4, 0.5) is 4.79 Å². The molecule has 0 unspecified atom stereocenters. The summed E-state index contributed by atoms with van der Waals surface area (Å²) < 4.78 is 0. The number of hydrogen-bond acceptors (Lipinski definition) is 4. The molecule has 2 saturated heterocycles. The number of aliphatic carboxylic acids is 1. The van der Waals surface area contributed by atoms with Crippen molar-refractivity contribution in [1.82, 2.24) is 15.1 Å². The van der Waals surface area contributed by atoms with Crippen LogP contribution in [0.2, 0.25) is 0 Å². The predicted octanol–water partition coefficient (Wildman–Crippen LogP) is 1.65. The third-order valence-electron chi connectivity index (χ3n) is 5.51. The number of hydrogen-bond donors (Lipinski definition) is 3.